The minimum atomic E-state index is 0. The van der Waals surface area contributed by atoms with Gasteiger partial charge in [-0.15, -0.1) is 0 Å². The molecule has 0 fully saturated rings. The summed E-state index contributed by atoms with van der Waals surface area (Å²) in [7, 11) is 5.21. The standard InChI is InChI=1S/C4H8B.CH4.Rb/c1-3-4(2)5;;/h3H2,1-2H3;1H4;/q-1;;+1. The summed E-state index contributed by atoms with van der Waals surface area (Å²) in [6, 6.07) is 0. The molecule has 0 spiro atoms. The van der Waals surface area contributed by atoms with Crippen LogP contribution < -0.4 is 58.2 Å². The quantitative estimate of drug-likeness (QED) is 0.339. The van der Waals surface area contributed by atoms with Gasteiger partial charge < -0.3 is 5.82 Å². The Morgan fingerprint density at radius 3 is 1.71 bits per heavy atom. The molecule has 0 saturated carbocycles. The molecule has 2 radical (unpaired) electrons. The normalized spacial score (nSPS) is 6.71. The van der Waals surface area contributed by atoms with Crippen molar-refractivity contribution in [1.82, 2.24) is 0 Å². The average Bonchev–Trinajstić information content (AvgIpc) is 1.38. The number of rotatable bonds is 1. The van der Waals surface area contributed by atoms with Crippen molar-refractivity contribution in [2.75, 3.05) is 0 Å². The van der Waals surface area contributed by atoms with Gasteiger partial charge in [-0.25, -0.2) is 0 Å². The first kappa shape index (κ1) is 15.9. The minimum absolute atomic E-state index is 0. The second-order valence-electron chi connectivity index (χ2n) is 1.20. The van der Waals surface area contributed by atoms with E-state index in [0.717, 1.165) is 12.2 Å². The van der Waals surface area contributed by atoms with E-state index in [1.54, 1.807) is 0 Å². The van der Waals surface area contributed by atoms with Crippen LogP contribution in [0.15, 0.2) is 0 Å². The van der Waals surface area contributed by atoms with Gasteiger partial charge in [0.15, 0.2) is 0 Å². The summed E-state index contributed by atoms with van der Waals surface area (Å²) in [5, 5.41) is 0. The average molecular weight is 168 g/mol. The summed E-state index contributed by atoms with van der Waals surface area (Å²) in [5.74, 6) is 1.00. The Morgan fingerprint density at radius 2 is 1.71 bits per heavy atom. The second kappa shape index (κ2) is 10.8. The summed E-state index contributed by atoms with van der Waals surface area (Å²) >= 11 is 0. The second-order valence-corrected chi connectivity index (χ2v) is 1.20. The van der Waals surface area contributed by atoms with Gasteiger partial charge in [0, 0.05) is 0 Å². The molecule has 0 aliphatic rings. The first-order valence-electron chi connectivity index (χ1n) is 1.85. The molecule has 36 valence electrons. The molecule has 0 unspecified atom stereocenters. The molecule has 0 aromatic carbocycles. The van der Waals surface area contributed by atoms with Gasteiger partial charge in [-0.3, -0.25) is 0 Å². The molecule has 0 saturated heterocycles. The van der Waals surface area contributed by atoms with Crippen LogP contribution in [-0.4, -0.2) is 7.85 Å². The number of hydrogen-bond acceptors (Lipinski definition) is 0. The predicted molar refractivity (Wildman–Crippen MR) is 31.7 cm³/mol. The van der Waals surface area contributed by atoms with Crippen LogP contribution >= 0.6 is 0 Å². The van der Waals surface area contributed by atoms with Crippen LogP contribution in [0.5, 0.6) is 0 Å². The largest absolute Gasteiger partial charge is 1.00 e. The van der Waals surface area contributed by atoms with Crippen molar-refractivity contribution in [3.05, 3.63) is 5.82 Å². The van der Waals surface area contributed by atoms with E-state index in [2.05, 4.69) is 0 Å². The molecule has 7 heavy (non-hydrogen) atoms. The van der Waals surface area contributed by atoms with Gasteiger partial charge in [0.25, 0.3) is 0 Å². The van der Waals surface area contributed by atoms with E-state index in [9.17, 15) is 0 Å². The zero-order chi connectivity index (χ0) is 4.28. The predicted octanol–water partition coefficient (Wildman–Crippen LogP) is -1.24. The van der Waals surface area contributed by atoms with Gasteiger partial charge >= 0.3 is 58.2 Å². The monoisotopic (exact) mass is 168 g/mol. The molecule has 0 aromatic rings. The first-order chi connectivity index (χ1) is 2.27. The Morgan fingerprint density at radius 1 is 1.57 bits per heavy atom. The Hall–Kier alpha value is 1.87. The third-order valence-electron chi connectivity index (χ3n) is 0.558. The fourth-order valence-corrected chi connectivity index (χ4v) is 0. The van der Waals surface area contributed by atoms with Crippen molar-refractivity contribution in [1.29, 1.82) is 0 Å². The van der Waals surface area contributed by atoms with E-state index in [4.69, 9.17) is 7.85 Å². The van der Waals surface area contributed by atoms with Crippen molar-refractivity contribution in [2.45, 2.75) is 27.7 Å². The van der Waals surface area contributed by atoms with Crippen LogP contribution in [0.3, 0.4) is 0 Å². The molecule has 0 aliphatic carbocycles. The summed E-state index contributed by atoms with van der Waals surface area (Å²) in [4.78, 5) is 0. The smallest absolute Gasteiger partial charge is 0.356 e. The van der Waals surface area contributed by atoms with E-state index in [1.165, 1.54) is 0 Å². The SMILES string of the molecule is C.[B][C-](C)CC.[Rb+]. The van der Waals surface area contributed by atoms with E-state index in [-0.39, 0.29) is 65.6 Å². The van der Waals surface area contributed by atoms with Crippen molar-refractivity contribution in [3.8, 4) is 0 Å². The maximum Gasteiger partial charge on any atom is 1.00 e. The van der Waals surface area contributed by atoms with E-state index >= 15 is 0 Å². The van der Waals surface area contributed by atoms with Crippen LogP contribution in [0.4, 0.5) is 0 Å². The zero-order valence-corrected chi connectivity index (χ0v) is 9.70. The first-order valence-corrected chi connectivity index (χ1v) is 1.85. The molecular formula is C5H12BRb. The van der Waals surface area contributed by atoms with Gasteiger partial charge in [-0.05, 0) is 0 Å². The molecule has 0 heterocycles. The minimum Gasteiger partial charge on any atom is -0.356 e. The van der Waals surface area contributed by atoms with E-state index < -0.39 is 0 Å². The number of hydrogen-bond donors (Lipinski definition) is 0. The Bertz CT molecular complexity index is 22.0. The van der Waals surface area contributed by atoms with Gasteiger partial charge in [0.1, 0.15) is 0 Å². The summed E-state index contributed by atoms with van der Waals surface area (Å²) < 4.78 is 0. The van der Waals surface area contributed by atoms with Crippen LogP contribution in [0, 0.1) is 5.82 Å². The molecule has 2 heteroatoms. The van der Waals surface area contributed by atoms with Crippen molar-refractivity contribution >= 4 is 7.85 Å². The topological polar surface area (TPSA) is 0 Å². The fraction of sp³-hybridized carbons (Fsp3) is 0.800. The molecule has 0 amide bonds. The van der Waals surface area contributed by atoms with Crippen molar-refractivity contribution in [2.24, 2.45) is 0 Å². The fourth-order valence-electron chi connectivity index (χ4n) is 0. The Balaban J connectivity index is -0.0000000800. The molecule has 0 aliphatic heterocycles. The molecule has 0 aromatic heterocycles. The third kappa shape index (κ3) is 18.1. The van der Waals surface area contributed by atoms with Crippen molar-refractivity contribution in [3.63, 3.8) is 0 Å². The van der Waals surface area contributed by atoms with Gasteiger partial charge in [0.2, 0.25) is 0 Å². The maximum atomic E-state index is 5.21. The molecule has 0 nitrogen and oxygen atoms in total. The van der Waals surface area contributed by atoms with Crippen LogP contribution in [0.25, 0.3) is 0 Å². The van der Waals surface area contributed by atoms with Gasteiger partial charge in [-0.1, -0.05) is 14.4 Å². The van der Waals surface area contributed by atoms with Crippen LogP contribution in [-0.2, 0) is 0 Å². The molecule has 0 rings (SSSR count). The summed E-state index contributed by atoms with van der Waals surface area (Å²) in [5.41, 5.74) is 0. The van der Waals surface area contributed by atoms with Crippen LogP contribution in [0.1, 0.15) is 27.7 Å². The maximum absolute atomic E-state index is 5.21. The Kier molecular flexibility index (Phi) is 24.6. The Labute approximate surface area is 97.6 Å². The third-order valence-corrected chi connectivity index (χ3v) is 0.558. The van der Waals surface area contributed by atoms with Crippen LogP contribution in [0.2, 0.25) is 0 Å². The van der Waals surface area contributed by atoms with Gasteiger partial charge in [-0.2, -0.15) is 21.2 Å². The summed E-state index contributed by atoms with van der Waals surface area (Å²) in [6.07, 6.45) is 1.00. The van der Waals surface area contributed by atoms with Crippen molar-refractivity contribution < 1.29 is 58.2 Å². The van der Waals surface area contributed by atoms with E-state index in [1.807, 2.05) is 13.8 Å². The molecule has 0 atom stereocenters. The molecule has 0 N–H and O–H groups in total. The van der Waals surface area contributed by atoms with E-state index in [0.29, 0.717) is 0 Å². The molecular weight excluding hydrogens is 156 g/mol. The zero-order valence-electron chi connectivity index (χ0n) is 4.78. The molecule has 0 bridgehead atoms. The summed E-state index contributed by atoms with van der Waals surface area (Å²) in [6.45, 7) is 3.95. The van der Waals surface area contributed by atoms with Gasteiger partial charge in [0.05, 0.1) is 0 Å².